The van der Waals surface area contributed by atoms with Gasteiger partial charge in [0.25, 0.3) is 0 Å². The Kier molecular flexibility index (Phi) is 4.13. The van der Waals surface area contributed by atoms with Crippen molar-refractivity contribution in [3.63, 3.8) is 0 Å². The Morgan fingerprint density at radius 2 is 2.38 bits per heavy atom. The standard InChI is InChI=1S/C11H16N4O/c1(2-11-8-13-14-9-11)6-16-7-5-15-4-3-12-10-15/h3-4,8-10H,1-2,5-7H2,(H,13,14). The predicted octanol–water partition coefficient (Wildman–Crippen LogP) is 1.26. The zero-order valence-corrected chi connectivity index (χ0v) is 9.17. The second-order valence-electron chi connectivity index (χ2n) is 3.62. The molecular formula is C11H16N4O. The lowest BCUT2D eigenvalue weighted by molar-refractivity contribution is 0.124. The van der Waals surface area contributed by atoms with E-state index >= 15 is 0 Å². The van der Waals surface area contributed by atoms with Gasteiger partial charge in [0, 0.05) is 31.7 Å². The highest BCUT2D eigenvalue weighted by Crippen LogP contribution is 1.99. The fraction of sp³-hybridized carbons (Fsp3) is 0.455. The van der Waals surface area contributed by atoms with Gasteiger partial charge in [-0.25, -0.2) is 4.98 Å². The molecule has 2 rings (SSSR count). The molecule has 0 unspecified atom stereocenters. The summed E-state index contributed by atoms with van der Waals surface area (Å²) in [6, 6.07) is 0. The Balaban J connectivity index is 1.49. The summed E-state index contributed by atoms with van der Waals surface area (Å²) in [5, 5.41) is 6.69. The zero-order valence-electron chi connectivity index (χ0n) is 9.17. The Morgan fingerprint density at radius 1 is 1.38 bits per heavy atom. The van der Waals surface area contributed by atoms with Crippen LogP contribution >= 0.6 is 0 Å². The first-order valence-corrected chi connectivity index (χ1v) is 5.46. The number of aryl methyl sites for hydroxylation is 1. The Morgan fingerprint density at radius 3 is 3.12 bits per heavy atom. The lowest BCUT2D eigenvalue weighted by Crippen LogP contribution is -2.05. The average molecular weight is 220 g/mol. The minimum absolute atomic E-state index is 0.738. The van der Waals surface area contributed by atoms with Gasteiger partial charge in [0.1, 0.15) is 0 Å². The van der Waals surface area contributed by atoms with Crippen LogP contribution in [0.5, 0.6) is 0 Å². The molecule has 5 nitrogen and oxygen atoms in total. The van der Waals surface area contributed by atoms with Gasteiger partial charge in [-0.05, 0) is 18.4 Å². The molecule has 0 aliphatic heterocycles. The van der Waals surface area contributed by atoms with Crippen molar-refractivity contribution < 1.29 is 4.74 Å². The van der Waals surface area contributed by atoms with Crippen LogP contribution in [0, 0.1) is 0 Å². The highest BCUT2D eigenvalue weighted by Gasteiger charge is 1.94. The monoisotopic (exact) mass is 220 g/mol. The fourth-order valence-corrected chi connectivity index (χ4v) is 1.48. The first-order chi connectivity index (χ1) is 7.95. The highest BCUT2D eigenvalue weighted by molar-refractivity contribution is 5.01. The van der Waals surface area contributed by atoms with Crippen LogP contribution in [0.25, 0.3) is 0 Å². The molecule has 2 aromatic rings. The molecule has 0 fully saturated rings. The Labute approximate surface area is 94.5 Å². The van der Waals surface area contributed by atoms with Crippen LogP contribution in [-0.2, 0) is 17.7 Å². The summed E-state index contributed by atoms with van der Waals surface area (Å²) < 4.78 is 7.54. The molecule has 5 heteroatoms. The minimum atomic E-state index is 0.738. The second-order valence-corrected chi connectivity index (χ2v) is 3.62. The molecule has 0 spiro atoms. The molecule has 0 aliphatic carbocycles. The number of H-pyrrole nitrogens is 1. The summed E-state index contributed by atoms with van der Waals surface area (Å²) in [6.07, 6.45) is 11.3. The third kappa shape index (κ3) is 3.51. The van der Waals surface area contributed by atoms with Crippen molar-refractivity contribution in [2.45, 2.75) is 19.4 Å². The maximum absolute atomic E-state index is 5.53. The van der Waals surface area contributed by atoms with Gasteiger partial charge in [-0.2, -0.15) is 5.10 Å². The summed E-state index contributed by atoms with van der Waals surface area (Å²) in [4.78, 5) is 3.97. The van der Waals surface area contributed by atoms with E-state index in [4.69, 9.17) is 4.74 Å². The fourth-order valence-electron chi connectivity index (χ4n) is 1.48. The number of aromatic nitrogens is 4. The predicted molar refractivity (Wildman–Crippen MR) is 60.0 cm³/mol. The van der Waals surface area contributed by atoms with Gasteiger partial charge in [0.2, 0.25) is 0 Å². The van der Waals surface area contributed by atoms with Crippen LogP contribution in [0.4, 0.5) is 0 Å². The van der Waals surface area contributed by atoms with Gasteiger partial charge in [-0.1, -0.05) is 0 Å². The molecule has 1 N–H and O–H groups in total. The van der Waals surface area contributed by atoms with E-state index in [1.807, 2.05) is 23.2 Å². The number of hydrogen-bond donors (Lipinski definition) is 1. The average Bonchev–Trinajstić information content (AvgIpc) is 2.96. The molecule has 0 atom stereocenters. The first-order valence-electron chi connectivity index (χ1n) is 5.46. The smallest absolute Gasteiger partial charge is 0.0946 e. The normalized spacial score (nSPS) is 10.8. The van der Waals surface area contributed by atoms with E-state index < -0.39 is 0 Å². The summed E-state index contributed by atoms with van der Waals surface area (Å²) in [5.74, 6) is 0. The maximum atomic E-state index is 5.53. The molecule has 2 heterocycles. The lowest BCUT2D eigenvalue weighted by atomic mass is 10.2. The van der Waals surface area contributed by atoms with E-state index in [-0.39, 0.29) is 0 Å². The van der Waals surface area contributed by atoms with Gasteiger partial charge in [0.15, 0.2) is 0 Å². The molecule has 0 amide bonds. The van der Waals surface area contributed by atoms with Crippen LogP contribution < -0.4 is 0 Å². The van der Waals surface area contributed by atoms with Crippen molar-refractivity contribution in [2.75, 3.05) is 13.2 Å². The number of hydrogen-bond acceptors (Lipinski definition) is 3. The number of imidazole rings is 1. The maximum Gasteiger partial charge on any atom is 0.0946 e. The van der Waals surface area contributed by atoms with Gasteiger partial charge in [-0.15, -0.1) is 0 Å². The summed E-state index contributed by atoms with van der Waals surface area (Å²) in [7, 11) is 0. The molecule has 2 aromatic heterocycles. The number of rotatable bonds is 7. The SMILES string of the molecule is c1cn(CCOCCCc2cn[nH]c2)cn1. The van der Waals surface area contributed by atoms with E-state index in [2.05, 4.69) is 15.2 Å². The molecule has 16 heavy (non-hydrogen) atoms. The van der Waals surface area contributed by atoms with Gasteiger partial charge in [-0.3, -0.25) is 5.10 Å². The van der Waals surface area contributed by atoms with E-state index in [1.165, 1.54) is 5.56 Å². The van der Waals surface area contributed by atoms with Gasteiger partial charge < -0.3 is 9.30 Å². The molecule has 0 saturated heterocycles. The molecule has 0 radical (unpaired) electrons. The van der Waals surface area contributed by atoms with E-state index in [1.54, 1.807) is 12.5 Å². The number of nitrogens with zero attached hydrogens (tertiary/aromatic N) is 3. The summed E-state index contributed by atoms with van der Waals surface area (Å²) in [5.41, 5.74) is 1.23. The highest BCUT2D eigenvalue weighted by atomic mass is 16.5. The Bertz CT molecular complexity index is 330. The Hall–Kier alpha value is -1.62. The van der Waals surface area contributed by atoms with E-state index in [0.717, 1.165) is 32.6 Å². The number of aromatic amines is 1. The van der Waals surface area contributed by atoms with E-state index in [0.29, 0.717) is 0 Å². The van der Waals surface area contributed by atoms with Crippen molar-refractivity contribution in [3.05, 3.63) is 36.7 Å². The number of ether oxygens (including phenoxy) is 1. The summed E-state index contributed by atoms with van der Waals surface area (Å²) in [6.45, 7) is 2.40. The lowest BCUT2D eigenvalue weighted by Gasteiger charge is -2.04. The van der Waals surface area contributed by atoms with Crippen LogP contribution in [0.2, 0.25) is 0 Å². The topological polar surface area (TPSA) is 55.7 Å². The largest absolute Gasteiger partial charge is 0.380 e. The van der Waals surface area contributed by atoms with Gasteiger partial charge >= 0.3 is 0 Å². The molecule has 0 bridgehead atoms. The molecule has 0 aliphatic rings. The van der Waals surface area contributed by atoms with Crippen LogP contribution in [0.15, 0.2) is 31.1 Å². The van der Waals surface area contributed by atoms with Crippen LogP contribution in [0.1, 0.15) is 12.0 Å². The van der Waals surface area contributed by atoms with Crippen LogP contribution in [-0.4, -0.2) is 33.0 Å². The second kappa shape index (κ2) is 6.07. The zero-order chi connectivity index (χ0) is 11.1. The van der Waals surface area contributed by atoms with Crippen molar-refractivity contribution >= 4 is 0 Å². The first kappa shape index (κ1) is 10.9. The molecule has 0 aromatic carbocycles. The van der Waals surface area contributed by atoms with Crippen molar-refractivity contribution in [1.29, 1.82) is 0 Å². The summed E-state index contributed by atoms with van der Waals surface area (Å²) >= 11 is 0. The van der Waals surface area contributed by atoms with Crippen molar-refractivity contribution in [3.8, 4) is 0 Å². The minimum Gasteiger partial charge on any atom is -0.380 e. The van der Waals surface area contributed by atoms with Crippen LogP contribution in [0.3, 0.4) is 0 Å². The van der Waals surface area contributed by atoms with E-state index in [9.17, 15) is 0 Å². The molecule has 86 valence electrons. The van der Waals surface area contributed by atoms with Gasteiger partial charge in [0.05, 0.1) is 19.1 Å². The number of nitrogens with one attached hydrogen (secondary N) is 1. The van der Waals surface area contributed by atoms with Crippen molar-refractivity contribution in [2.24, 2.45) is 0 Å². The molecular weight excluding hydrogens is 204 g/mol. The molecule has 0 saturated carbocycles. The third-order valence-electron chi connectivity index (χ3n) is 2.36. The quantitative estimate of drug-likeness (QED) is 0.714. The third-order valence-corrected chi connectivity index (χ3v) is 2.36. The van der Waals surface area contributed by atoms with Crippen molar-refractivity contribution in [1.82, 2.24) is 19.7 Å².